The van der Waals surface area contributed by atoms with Crippen LogP contribution in [-0.2, 0) is 25.3 Å². The zero-order chi connectivity index (χ0) is 22.0. The molecule has 0 bridgehead atoms. The fourth-order valence-corrected chi connectivity index (χ4v) is 7.28. The lowest BCUT2D eigenvalue weighted by molar-refractivity contribution is 0.478. The van der Waals surface area contributed by atoms with Crippen molar-refractivity contribution >= 4 is 49.5 Å². The van der Waals surface area contributed by atoms with Crippen molar-refractivity contribution in [3.05, 3.63) is 36.8 Å². The number of hydrogen-bond acceptors (Lipinski definition) is 7. The molecule has 5 heterocycles. The summed E-state index contributed by atoms with van der Waals surface area (Å²) in [6.07, 6.45) is 8.74. The molecule has 0 aromatic carbocycles. The number of aromatic nitrogens is 6. The van der Waals surface area contributed by atoms with E-state index in [9.17, 15) is 4.55 Å². The Morgan fingerprint density at radius 2 is 2.00 bits per heavy atom. The zero-order valence-corrected chi connectivity index (χ0v) is 19.3. The minimum Gasteiger partial charge on any atom is -0.611 e. The third-order valence-corrected chi connectivity index (χ3v) is 9.26. The van der Waals surface area contributed by atoms with Crippen LogP contribution in [0.25, 0.3) is 43.8 Å². The Kier molecular flexibility index (Phi) is 4.49. The van der Waals surface area contributed by atoms with Gasteiger partial charge in [-0.1, -0.05) is 11.3 Å². The van der Waals surface area contributed by atoms with Crippen LogP contribution in [0.15, 0.2) is 41.0 Å². The second kappa shape index (κ2) is 7.29. The van der Waals surface area contributed by atoms with Crippen molar-refractivity contribution in [1.82, 2.24) is 29.5 Å². The van der Waals surface area contributed by atoms with Gasteiger partial charge >= 0.3 is 0 Å². The third-order valence-electron chi connectivity index (χ3n) is 5.96. The first kappa shape index (κ1) is 19.7. The van der Waals surface area contributed by atoms with Crippen LogP contribution in [0.5, 0.6) is 0 Å². The molecule has 6 rings (SSSR count). The van der Waals surface area contributed by atoms with Gasteiger partial charge in [0.05, 0.1) is 11.4 Å². The van der Waals surface area contributed by atoms with E-state index >= 15 is 0 Å². The van der Waals surface area contributed by atoms with Gasteiger partial charge in [-0.25, -0.2) is 9.97 Å². The summed E-state index contributed by atoms with van der Waals surface area (Å²) < 4.78 is 17.4. The second-order valence-corrected chi connectivity index (χ2v) is 11.1. The molecule has 1 saturated carbocycles. The molecule has 1 atom stereocenters. The van der Waals surface area contributed by atoms with Gasteiger partial charge in [-0.15, -0.1) is 0 Å². The summed E-state index contributed by atoms with van der Waals surface area (Å²) in [5.41, 5.74) is 11.2. The minimum absolute atomic E-state index is 0.195. The maximum absolute atomic E-state index is 13.1. The number of nitrogens with two attached hydrogens (primary N) is 1. The van der Waals surface area contributed by atoms with Crippen LogP contribution >= 0.6 is 11.3 Å². The molecule has 2 N–H and O–H groups in total. The first-order chi connectivity index (χ1) is 15.5. The highest BCUT2D eigenvalue weighted by Crippen LogP contribution is 2.45. The molecule has 1 fully saturated rings. The van der Waals surface area contributed by atoms with Crippen molar-refractivity contribution in [3.8, 4) is 22.5 Å². The lowest BCUT2D eigenvalue weighted by Gasteiger charge is -2.26. The van der Waals surface area contributed by atoms with Crippen LogP contribution < -0.4 is 5.73 Å². The quantitative estimate of drug-likeness (QED) is 0.405. The molecule has 0 radical (unpaired) electrons. The van der Waals surface area contributed by atoms with Crippen molar-refractivity contribution in [2.24, 2.45) is 14.1 Å². The summed E-state index contributed by atoms with van der Waals surface area (Å²) in [4.78, 5) is 10.2. The molecule has 0 aliphatic heterocycles. The van der Waals surface area contributed by atoms with Gasteiger partial charge in [0.25, 0.3) is 0 Å². The molecule has 0 amide bonds. The number of anilines is 1. The zero-order valence-electron chi connectivity index (χ0n) is 17.6. The molecule has 8 nitrogen and oxygen atoms in total. The molecule has 0 saturated heterocycles. The molecule has 10 heteroatoms. The standard InChI is InChI=1S/C22H21N7OS2/c1-28-7-6-16(26-28)15-9-17(12-8-13-11-29(2)27-20(13)24-10-12)25-21-18(15)19(23)22(31-21)32(30)14-4-3-5-14/h6-11,14H,3-5,23H2,1-2H3. The van der Waals surface area contributed by atoms with Crippen LogP contribution in [0, 0.1) is 0 Å². The Bertz CT molecular complexity index is 1480. The molecule has 32 heavy (non-hydrogen) atoms. The van der Waals surface area contributed by atoms with Gasteiger partial charge in [-0.05, 0) is 37.5 Å². The number of nitrogens with zero attached hydrogens (tertiary/aromatic N) is 6. The minimum atomic E-state index is -1.11. The van der Waals surface area contributed by atoms with Gasteiger partial charge in [0.1, 0.15) is 15.8 Å². The highest BCUT2D eigenvalue weighted by atomic mass is 32.2. The Morgan fingerprint density at radius 1 is 1.16 bits per heavy atom. The monoisotopic (exact) mass is 463 g/mol. The molecule has 0 spiro atoms. The van der Waals surface area contributed by atoms with Gasteiger partial charge in [-0.2, -0.15) is 10.2 Å². The van der Waals surface area contributed by atoms with Gasteiger partial charge < -0.3 is 10.3 Å². The molecule has 5 aromatic rings. The Labute approximate surface area is 191 Å². The third kappa shape index (κ3) is 3.09. The number of hydrogen-bond donors (Lipinski definition) is 1. The van der Waals surface area contributed by atoms with Gasteiger partial charge in [0.2, 0.25) is 4.21 Å². The molecule has 1 aliphatic rings. The predicted octanol–water partition coefficient (Wildman–Crippen LogP) is 3.89. The maximum Gasteiger partial charge on any atom is 0.232 e. The molecule has 162 valence electrons. The highest BCUT2D eigenvalue weighted by Gasteiger charge is 2.35. The number of pyridine rings is 2. The van der Waals surface area contributed by atoms with E-state index in [1.165, 1.54) is 11.3 Å². The molecule has 1 unspecified atom stereocenters. The van der Waals surface area contributed by atoms with Gasteiger partial charge in [0, 0.05) is 65.8 Å². The van der Waals surface area contributed by atoms with E-state index in [2.05, 4.69) is 15.2 Å². The molecular formula is C22H21N7OS2. The Hall–Kier alpha value is -2.95. The van der Waals surface area contributed by atoms with Crippen molar-refractivity contribution < 1.29 is 4.55 Å². The maximum atomic E-state index is 13.1. The summed E-state index contributed by atoms with van der Waals surface area (Å²) in [5.74, 6) is 0. The molecule has 1 aliphatic carbocycles. The van der Waals surface area contributed by atoms with Crippen LogP contribution in [-0.4, -0.2) is 39.3 Å². The fourth-order valence-electron chi connectivity index (χ4n) is 4.07. The summed E-state index contributed by atoms with van der Waals surface area (Å²) in [5, 5.41) is 10.9. The van der Waals surface area contributed by atoms with Crippen LogP contribution in [0.2, 0.25) is 0 Å². The lowest BCUT2D eigenvalue weighted by Crippen LogP contribution is -2.28. The van der Waals surface area contributed by atoms with E-state index in [1.807, 2.05) is 44.7 Å². The van der Waals surface area contributed by atoms with Crippen molar-refractivity contribution in [2.75, 3.05) is 5.73 Å². The van der Waals surface area contributed by atoms with Crippen LogP contribution in [0.3, 0.4) is 0 Å². The van der Waals surface area contributed by atoms with Crippen molar-refractivity contribution in [3.63, 3.8) is 0 Å². The highest BCUT2D eigenvalue weighted by molar-refractivity contribution is 7.94. The van der Waals surface area contributed by atoms with E-state index in [1.54, 1.807) is 15.6 Å². The predicted molar refractivity (Wildman–Crippen MR) is 128 cm³/mol. The van der Waals surface area contributed by atoms with Crippen molar-refractivity contribution in [1.29, 1.82) is 0 Å². The fraction of sp³-hybridized carbons (Fsp3) is 0.273. The average Bonchev–Trinajstić information content (AvgIpc) is 3.41. The first-order valence-electron chi connectivity index (χ1n) is 10.4. The topological polar surface area (TPSA) is 110 Å². The van der Waals surface area contributed by atoms with E-state index in [0.29, 0.717) is 11.3 Å². The summed E-state index contributed by atoms with van der Waals surface area (Å²) in [6.45, 7) is 0. The normalized spacial score (nSPS) is 15.5. The molecular weight excluding hydrogens is 442 g/mol. The Balaban J connectivity index is 1.57. The summed E-state index contributed by atoms with van der Waals surface area (Å²) >= 11 is 0.327. The van der Waals surface area contributed by atoms with Crippen molar-refractivity contribution in [2.45, 2.75) is 28.7 Å². The summed E-state index contributed by atoms with van der Waals surface area (Å²) in [6, 6.07) is 6.00. The number of thiophene rings is 1. The number of nitrogen functional groups attached to an aromatic ring is 1. The van der Waals surface area contributed by atoms with E-state index in [-0.39, 0.29) is 5.25 Å². The number of rotatable bonds is 4. The number of fused-ring (bicyclic) bond motifs is 2. The van der Waals surface area contributed by atoms with Gasteiger partial charge in [-0.3, -0.25) is 9.36 Å². The van der Waals surface area contributed by atoms with Gasteiger partial charge in [0.15, 0.2) is 5.65 Å². The van der Waals surface area contributed by atoms with E-state index in [4.69, 9.17) is 10.7 Å². The largest absolute Gasteiger partial charge is 0.611 e. The smallest absolute Gasteiger partial charge is 0.232 e. The van der Waals surface area contributed by atoms with Crippen LogP contribution in [0.4, 0.5) is 5.69 Å². The lowest BCUT2D eigenvalue weighted by atomic mass is 10.00. The summed E-state index contributed by atoms with van der Waals surface area (Å²) in [7, 11) is 3.76. The first-order valence-corrected chi connectivity index (χ1v) is 12.4. The molecule has 5 aromatic heterocycles. The SMILES string of the molecule is Cn1ccc(-c2cc(-c3cnc4nn(C)cc4c3)nc3sc([S+]([O-])C4CCC4)c(N)c23)n1. The van der Waals surface area contributed by atoms with E-state index in [0.717, 1.165) is 61.6 Å². The van der Waals surface area contributed by atoms with Crippen LogP contribution in [0.1, 0.15) is 19.3 Å². The van der Waals surface area contributed by atoms with E-state index < -0.39 is 11.2 Å². The number of aryl methyl sites for hydroxylation is 2. The Morgan fingerprint density at radius 3 is 2.72 bits per heavy atom. The second-order valence-electron chi connectivity index (χ2n) is 8.20. The average molecular weight is 464 g/mol.